The van der Waals surface area contributed by atoms with E-state index in [9.17, 15) is 9.59 Å². The SMILES string of the molecule is CCCC[C@H](NC(=O)N(CC)Cc1ccncc1)C(=O)O. The molecule has 21 heavy (non-hydrogen) atoms. The summed E-state index contributed by atoms with van der Waals surface area (Å²) in [6.07, 6.45) is 5.46. The number of carbonyl (C=O) groups excluding carboxylic acids is 1. The van der Waals surface area contributed by atoms with Gasteiger partial charge in [-0.3, -0.25) is 4.98 Å². The van der Waals surface area contributed by atoms with Crippen LogP contribution in [0.5, 0.6) is 0 Å². The van der Waals surface area contributed by atoms with E-state index in [0.717, 1.165) is 18.4 Å². The van der Waals surface area contributed by atoms with Gasteiger partial charge in [-0.15, -0.1) is 0 Å². The Hall–Kier alpha value is -2.11. The molecular weight excluding hydrogens is 270 g/mol. The fraction of sp³-hybridized carbons (Fsp3) is 0.533. The van der Waals surface area contributed by atoms with Gasteiger partial charge in [0.1, 0.15) is 6.04 Å². The van der Waals surface area contributed by atoms with Crippen LogP contribution >= 0.6 is 0 Å². The van der Waals surface area contributed by atoms with Crippen LogP contribution in [-0.2, 0) is 11.3 Å². The van der Waals surface area contributed by atoms with Crippen molar-refractivity contribution < 1.29 is 14.7 Å². The first-order valence-corrected chi connectivity index (χ1v) is 7.25. The van der Waals surface area contributed by atoms with Crippen molar-refractivity contribution in [3.05, 3.63) is 30.1 Å². The zero-order valence-corrected chi connectivity index (χ0v) is 12.6. The van der Waals surface area contributed by atoms with Crippen molar-refractivity contribution >= 4 is 12.0 Å². The number of hydrogen-bond acceptors (Lipinski definition) is 3. The first kappa shape index (κ1) is 16.9. The number of urea groups is 1. The summed E-state index contributed by atoms with van der Waals surface area (Å²) < 4.78 is 0. The Morgan fingerprint density at radius 3 is 2.52 bits per heavy atom. The predicted molar refractivity (Wildman–Crippen MR) is 79.8 cm³/mol. The van der Waals surface area contributed by atoms with Crippen LogP contribution in [0.15, 0.2) is 24.5 Å². The molecule has 6 heteroatoms. The summed E-state index contributed by atoms with van der Waals surface area (Å²) in [5, 5.41) is 11.7. The van der Waals surface area contributed by atoms with E-state index in [1.807, 2.05) is 26.0 Å². The van der Waals surface area contributed by atoms with Crippen LogP contribution in [0.4, 0.5) is 4.79 Å². The lowest BCUT2D eigenvalue weighted by Gasteiger charge is -2.24. The number of hydrogen-bond donors (Lipinski definition) is 2. The minimum Gasteiger partial charge on any atom is -0.480 e. The average Bonchev–Trinajstić information content (AvgIpc) is 2.49. The minimum absolute atomic E-state index is 0.349. The molecule has 0 aliphatic rings. The Balaban J connectivity index is 2.62. The molecule has 0 saturated heterocycles. The van der Waals surface area contributed by atoms with Crippen molar-refractivity contribution in [2.24, 2.45) is 0 Å². The normalized spacial score (nSPS) is 11.7. The highest BCUT2D eigenvalue weighted by molar-refractivity contribution is 5.82. The van der Waals surface area contributed by atoms with Gasteiger partial charge < -0.3 is 15.3 Å². The highest BCUT2D eigenvalue weighted by Crippen LogP contribution is 2.06. The largest absolute Gasteiger partial charge is 0.480 e. The van der Waals surface area contributed by atoms with Crippen LogP contribution in [0, 0.1) is 0 Å². The first-order valence-electron chi connectivity index (χ1n) is 7.25. The van der Waals surface area contributed by atoms with Gasteiger partial charge in [0.2, 0.25) is 0 Å². The summed E-state index contributed by atoms with van der Waals surface area (Å²) in [6, 6.07) is 2.49. The molecule has 0 fully saturated rings. The third-order valence-corrected chi connectivity index (χ3v) is 3.23. The molecule has 1 heterocycles. The van der Waals surface area contributed by atoms with Gasteiger partial charge in [0.15, 0.2) is 0 Å². The number of pyridine rings is 1. The molecule has 1 aromatic heterocycles. The minimum atomic E-state index is -0.989. The summed E-state index contributed by atoms with van der Waals surface area (Å²) in [5.41, 5.74) is 0.961. The van der Waals surface area contributed by atoms with Crippen molar-refractivity contribution in [1.29, 1.82) is 0 Å². The summed E-state index contributed by atoms with van der Waals surface area (Å²) in [5.74, 6) is -0.989. The average molecular weight is 293 g/mol. The number of carbonyl (C=O) groups is 2. The Kier molecular flexibility index (Phi) is 7.21. The lowest BCUT2D eigenvalue weighted by molar-refractivity contribution is -0.139. The Bertz CT molecular complexity index is 451. The molecule has 1 rings (SSSR count). The summed E-state index contributed by atoms with van der Waals surface area (Å²) in [7, 11) is 0. The molecule has 0 bridgehead atoms. The van der Waals surface area contributed by atoms with E-state index < -0.39 is 12.0 Å². The second-order valence-corrected chi connectivity index (χ2v) is 4.85. The van der Waals surface area contributed by atoms with Crippen LogP contribution in [0.2, 0.25) is 0 Å². The number of carboxylic acid groups (broad SMARTS) is 1. The fourth-order valence-corrected chi connectivity index (χ4v) is 1.94. The highest BCUT2D eigenvalue weighted by atomic mass is 16.4. The fourth-order valence-electron chi connectivity index (χ4n) is 1.94. The van der Waals surface area contributed by atoms with Gasteiger partial charge in [-0.1, -0.05) is 19.8 Å². The Morgan fingerprint density at radius 1 is 1.33 bits per heavy atom. The Labute approximate surface area is 125 Å². The van der Waals surface area contributed by atoms with Gasteiger partial charge in [-0.05, 0) is 31.0 Å². The van der Waals surface area contributed by atoms with Crippen molar-refractivity contribution in [2.45, 2.75) is 45.7 Å². The van der Waals surface area contributed by atoms with Crippen molar-refractivity contribution in [3.8, 4) is 0 Å². The standard InChI is InChI=1S/C15H23N3O3/c1-3-5-6-13(14(19)20)17-15(21)18(4-2)11-12-7-9-16-10-8-12/h7-10,13H,3-6,11H2,1-2H3,(H,17,21)(H,19,20)/t13-/m0/s1. The number of nitrogens with one attached hydrogen (secondary N) is 1. The summed E-state index contributed by atoms with van der Waals surface area (Å²) in [4.78, 5) is 28.9. The maximum absolute atomic E-state index is 12.2. The van der Waals surface area contributed by atoms with Crippen LogP contribution in [0.1, 0.15) is 38.7 Å². The van der Waals surface area contributed by atoms with Crippen molar-refractivity contribution in [1.82, 2.24) is 15.2 Å². The number of nitrogens with zero attached hydrogens (tertiary/aromatic N) is 2. The monoisotopic (exact) mass is 293 g/mol. The van der Waals surface area contributed by atoms with E-state index in [2.05, 4.69) is 10.3 Å². The number of carboxylic acids is 1. The maximum atomic E-state index is 12.2. The molecule has 2 amide bonds. The molecule has 0 spiro atoms. The molecule has 0 saturated carbocycles. The van der Waals surface area contributed by atoms with Crippen LogP contribution in [0.3, 0.4) is 0 Å². The van der Waals surface area contributed by atoms with Crippen LogP contribution in [0.25, 0.3) is 0 Å². The molecule has 6 nitrogen and oxygen atoms in total. The number of unbranched alkanes of at least 4 members (excludes halogenated alkanes) is 1. The van der Waals surface area contributed by atoms with E-state index in [-0.39, 0.29) is 6.03 Å². The first-order chi connectivity index (χ1) is 10.1. The predicted octanol–water partition coefficient (Wildman–Crippen LogP) is 2.26. The Morgan fingerprint density at radius 2 is 2.00 bits per heavy atom. The lowest BCUT2D eigenvalue weighted by Crippen LogP contribution is -2.47. The smallest absolute Gasteiger partial charge is 0.326 e. The second kappa shape index (κ2) is 8.94. The molecule has 0 aromatic carbocycles. The molecule has 1 atom stereocenters. The summed E-state index contributed by atoms with van der Waals surface area (Å²) in [6.45, 7) is 4.80. The molecule has 0 aliphatic carbocycles. The van der Waals surface area contributed by atoms with Crippen molar-refractivity contribution in [3.63, 3.8) is 0 Å². The molecule has 0 unspecified atom stereocenters. The van der Waals surface area contributed by atoms with E-state index in [1.165, 1.54) is 0 Å². The van der Waals surface area contributed by atoms with E-state index in [1.54, 1.807) is 17.3 Å². The van der Waals surface area contributed by atoms with Gasteiger partial charge in [-0.2, -0.15) is 0 Å². The molecule has 0 aliphatic heterocycles. The van der Waals surface area contributed by atoms with E-state index in [4.69, 9.17) is 5.11 Å². The topological polar surface area (TPSA) is 82.5 Å². The van der Waals surface area contributed by atoms with E-state index >= 15 is 0 Å². The lowest BCUT2D eigenvalue weighted by atomic mass is 10.1. The number of amides is 2. The number of aliphatic carboxylic acids is 1. The van der Waals surface area contributed by atoms with Crippen molar-refractivity contribution in [2.75, 3.05) is 6.54 Å². The van der Waals surface area contributed by atoms with Gasteiger partial charge in [-0.25, -0.2) is 9.59 Å². The van der Waals surface area contributed by atoms with Gasteiger partial charge in [0.05, 0.1) is 0 Å². The summed E-state index contributed by atoms with van der Waals surface area (Å²) >= 11 is 0. The number of rotatable bonds is 8. The quantitative estimate of drug-likeness (QED) is 0.770. The van der Waals surface area contributed by atoms with Gasteiger partial charge in [0.25, 0.3) is 0 Å². The van der Waals surface area contributed by atoms with Gasteiger partial charge >= 0.3 is 12.0 Å². The molecular formula is C15H23N3O3. The van der Waals surface area contributed by atoms with Crippen LogP contribution in [-0.4, -0.2) is 39.6 Å². The maximum Gasteiger partial charge on any atom is 0.326 e. The molecule has 0 radical (unpaired) electrons. The highest BCUT2D eigenvalue weighted by Gasteiger charge is 2.22. The molecule has 1 aromatic rings. The van der Waals surface area contributed by atoms with Gasteiger partial charge in [0, 0.05) is 25.5 Å². The zero-order chi connectivity index (χ0) is 15.7. The number of aromatic nitrogens is 1. The molecule has 2 N–H and O–H groups in total. The molecule has 116 valence electrons. The third kappa shape index (κ3) is 5.81. The zero-order valence-electron chi connectivity index (χ0n) is 12.6. The third-order valence-electron chi connectivity index (χ3n) is 3.23. The van der Waals surface area contributed by atoms with E-state index in [0.29, 0.717) is 19.5 Å². The second-order valence-electron chi connectivity index (χ2n) is 4.85. The van der Waals surface area contributed by atoms with Crippen LogP contribution < -0.4 is 5.32 Å².